The van der Waals surface area contributed by atoms with Gasteiger partial charge in [0.1, 0.15) is 11.3 Å². The number of aliphatic hydroxyl groups excluding tert-OH is 1. The van der Waals surface area contributed by atoms with E-state index in [1.54, 1.807) is 48.7 Å². The van der Waals surface area contributed by atoms with Crippen molar-refractivity contribution in [2.45, 2.75) is 26.8 Å². The van der Waals surface area contributed by atoms with Gasteiger partial charge in [-0.2, -0.15) is 0 Å². The Kier molecular flexibility index (Phi) is 5.84. The van der Waals surface area contributed by atoms with Gasteiger partial charge in [-0.3, -0.25) is 18.9 Å². The summed E-state index contributed by atoms with van der Waals surface area (Å²) in [6, 6.07) is 14.8. The Balaban J connectivity index is 1.62. The van der Waals surface area contributed by atoms with E-state index in [1.165, 1.54) is 22.3 Å². The quantitative estimate of drug-likeness (QED) is 0.177. The van der Waals surface area contributed by atoms with Crippen LogP contribution in [0.2, 0.25) is 0 Å². The third-order valence-electron chi connectivity index (χ3n) is 6.71. The van der Waals surface area contributed by atoms with Gasteiger partial charge in [0.05, 0.1) is 34.1 Å². The molecule has 10 heteroatoms. The molecule has 0 saturated carbocycles. The Morgan fingerprint density at radius 3 is 2.69 bits per heavy atom. The van der Waals surface area contributed by atoms with Gasteiger partial charge >= 0.3 is 5.91 Å². The number of imidazole rings is 1. The molecular weight excluding hydrogens is 516 g/mol. The average molecular weight is 541 g/mol. The lowest BCUT2D eigenvalue weighted by Gasteiger charge is -2.23. The molecule has 1 unspecified atom stereocenters. The Hall–Kier alpha value is -4.70. The van der Waals surface area contributed by atoms with E-state index in [1.807, 2.05) is 31.2 Å². The van der Waals surface area contributed by atoms with Gasteiger partial charge in [-0.15, -0.1) is 0 Å². The van der Waals surface area contributed by atoms with Crippen molar-refractivity contribution in [3.63, 3.8) is 0 Å². The SMILES string of the molecule is CCOc1cc(C2C(=C(O)c3c(C)nc4ccccn34)C(=O)C(=O)N2c2nc3ccc(C)cc3s2)ccc1O. The van der Waals surface area contributed by atoms with Crippen LogP contribution >= 0.6 is 11.3 Å². The van der Waals surface area contributed by atoms with Crippen LogP contribution in [0, 0.1) is 13.8 Å². The molecule has 4 heterocycles. The number of amides is 1. The molecule has 3 aromatic heterocycles. The number of thiazole rings is 1. The summed E-state index contributed by atoms with van der Waals surface area (Å²) >= 11 is 1.29. The second kappa shape index (κ2) is 9.25. The number of carbonyl (C=O) groups is 2. The lowest BCUT2D eigenvalue weighted by Crippen LogP contribution is -2.29. The number of pyridine rings is 1. The maximum Gasteiger partial charge on any atom is 0.301 e. The zero-order valence-corrected chi connectivity index (χ0v) is 22.2. The smallest absolute Gasteiger partial charge is 0.301 e. The molecule has 0 spiro atoms. The highest BCUT2D eigenvalue weighted by Crippen LogP contribution is 2.46. The van der Waals surface area contributed by atoms with Crippen molar-refractivity contribution < 1.29 is 24.5 Å². The normalized spacial score (nSPS) is 17.0. The van der Waals surface area contributed by atoms with E-state index < -0.39 is 17.7 Å². The molecule has 0 radical (unpaired) electrons. The fourth-order valence-electron chi connectivity index (χ4n) is 4.97. The molecule has 1 saturated heterocycles. The standard InChI is InChI=1S/C29H24N4O5S/c1-4-38-20-14-17(9-11-19(20)34)25-23(26(35)24-16(3)30-22-7-5-6-12-32(22)24)27(36)28(37)33(25)29-31-18-10-8-15(2)13-21(18)39-29/h5-14,25,34-35H,4H2,1-3H3. The molecule has 5 aromatic rings. The van der Waals surface area contributed by atoms with E-state index >= 15 is 0 Å². The van der Waals surface area contributed by atoms with E-state index in [-0.39, 0.29) is 22.8 Å². The largest absolute Gasteiger partial charge is 0.505 e. The number of ketones is 1. The number of fused-ring (bicyclic) bond motifs is 2. The number of phenols is 1. The number of aromatic nitrogens is 3. The minimum absolute atomic E-state index is 0.0781. The number of aryl methyl sites for hydroxylation is 2. The average Bonchev–Trinajstić information content (AvgIpc) is 3.55. The first-order valence-electron chi connectivity index (χ1n) is 12.4. The first kappa shape index (κ1) is 24.6. The number of rotatable bonds is 5. The zero-order chi connectivity index (χ0) is 27.4. The van der Waals surface area contributed by atoms with Crippen LogP contribution in [0.1, 0.15) is 35.5 Å². The number of aromatic hydroxyl groups is 1. The first-order chi connectivity index (χ1) is 18.8. The Bertz CT molecular complexity index is 1840. The molecule has 1 aliphatic rings. The predicted molar refractivity (Wildman–Crippen MR) is 148 cm³/mol. The zero-order valence-electron chi connectivity index (χ0n) is 21.4. The molecule has 9 nitrogen and oxygen atoms in total. The van der Waals surface area contributed by atoms with Crippen LogP contribution in [0.5, 0.6) is 11.5 Å². The summed E-state index contributed by atoms with van der Waals surface area (Å²) in [5, 5.41) is 22.4. The Labute approximate surface area is 227 Å². The molecule has 1 atom stereocenters. The minimum atomic E-state index is -1.03. The molecule has 6 rings (SSSR count). The predicted octanol–water partition coefficient (Wildman–Crippen LogP) is 5.29. The van der Waals surface area contributed by atoms with Crippen LogP contribution in [0.4, 0.5) is 5.13 Å². The molecule has 0 aliphatic carbocycles. The monoisotopic (exact) mass is 540 g/mol. The maximum atomic E-state index is 13.7. The van der Waals surface area contributed by atoms with Gasteiger partial charge in [0.2, 0.25) is 0 Å². The molecule has 0 bridgehead atoms. The van der Waals surface area contributed by atoms with Crippen molar-refractivity contribution >= 4 is 49.8 Å². The topological polar surface area (TPSA) is 117 Å². The fraction of sp³-hybridized carbons (Fsp3) is 0.172. The van der Waals surface area contributed by atoms with Crippen LogP contribution in [0.25, 0.3) is 21.6 Å². The van der Waals surface area contributed by atoms with E-state index in [0.29, 0.717) is 39.9 Å². The van der Waals surface area contributed by atoms with Gasteiger partial charge < -0.3 is 14.9 Å². The molecule has 39 heavy (non-hydrogen) atoms. The third kappa shape index (κ3) is 3.91. The van der Waals surface area contributed by atoms with E-state index in [2.05, 4.69) is 9.97 Å². The highest BCUT2D eigenvalue weighted by Gasteiger charge is 2.49. The second-order valence-electron chi connectivity index (χ2n) is 9.27. The molecule has 196 valence electrons. The molecule has 2 N–H and O–H groups in total. The second-order valence-corrected chi connectivity index (χ2v) is 10.3. The number of Topliss-reactive ketones (excluding diaryl/α,β-unsaturated/α-hetero) is 1. The highest BCUT2D eigenvalue weighted by atomic mass is 32.1. The van der Waals surface area contributed by atoms with Crippen molar-refractivity contribution in [2.24, 2.45) is 0 Å². The summed E-state index contributed by atoms with van der Waals surface area (Å²) in [6.45, 7) is 5.79. The van der Waals surface area contributed by atoms with Gasteiger partial charge in [-0.25, -0.2) is 9.97 Å². The van der Waals surface area contributed by atoms with E-state index in [9.17, 15) is 19.8 Å². The highest BCUT2D eigenvalue weighted by molar-refractivity contribution is 7.22. The summed E-state index contributed by atoms with van der Waals surface area (Å²) < 4.78 is 8.14. The van der Waals surface area contributed by atoms with Crippen molar-refractivity contribution in [3.05, 3.63) is 88.9 Å². The third-order valence-corrected chi connectivity index (χ3v) is 7.73. The van der Waals surface area contributed by atoms with Crippen LogP contribution in [0.3, 0.4) is 0 Å². The molecular formula is C29H24N4O5S. The van der Waals surface area contributed by atoms with Gasteiger partial charge in [0.15, 0.2) is 22.4 Å². The van der Waals surface area contributed by atoms with Gasteiger partial charge in [-0.1, -0.05) is 29.5 Å². The molecule has 1 aliphatic heterocycles. The number of nitrogens with zero attached hydrogens (tertiary/aromatic N) is 4. The van der Waals surface area contributed by atoms with Crippen LogP contribution < -0.4 is 9.64 Å². The molecule has 1 fully saturated rings. The fourth-order valence-corrected chi connectivity index (χ4v) is 6.06. The van der Waals surface area contributed by atoms with Gasteiger partial charge in [-0.05, 0) is 68.3 Å². The van der Waals surface area contributed by atoms with E-state index in [4.69, 9.17) is 4.74 Å². The van der Waals surface area contributed by atoms with Crippen molar-refractivity contribution in [3.8, 4) is 11.5 Å². The first-order valence-corrected chi connectivity index (χ1v) is 13.2. The maximum absolute atomic E-state index is 13.7. The summed E-state index contributed by atoms with van der Waals surface area (Å²) in [7, 11) is 0. The minimum Gasteiger partial charge on any atom is -0.505 e. The molecule has 2 aromatic carbocycles. The number of ether oxygens (including phenoxy) is 1. The number of benzene rings is 2. The number of aliphatic hydroxyl groups is 1. The summed E-state index contributed by atoms with van der Waals surface area (Å²) in [4.78, 5) is 37.8. The summed E-state index contributed by atoms with van der Waals surface area (Å²) in [5.74, 6) is -1.88. The number of anilines is 1. The lowest BCUT2D eigenvalue weighted by atomic mass is 9.96. The van der Waals surface area contributed by atoms with E-state index in [0.717, 1.165) is 10.3 Å². The van der Waals surface area contributed by atoms with Crippen LogP contribution in [0.15, 0.2) is 66.4 Å². The Morgan fingerprint density at radius 1 is 1.08 bits per heavy atom. The van der Waals surface area contributed by atoms with Crippen molar-refractivity contribution in [2.75, 3.05) is 11.5 Å². The molecule has 1 amide bonds. The summed E-state index contributed by atoms with van der Waals surface area (Å²) in [6.07, 6.45) is 1.74. The van der Waals surface area contributed by atoms with Gasteiger partial charge in [0, 0.05) is 6.20 Å². The number of hydrogen-bond acceptors (Lipinski definition) is 8. The summed E-state index contributed by atoms with van der Waals surface area (Å²) in [5.41, 5.74) is 3.51. The lowest BCUT2D eigenvalue weighted by molar-refractivity contribution is -0.132. The Morgan fingerprint density at radius 2 is 1.90 bits per heavy atom. The van der Waals surface area contributed by atoms with Crippen LogP contribution in [-0.4, -0.2) is 42.9 Å². The van der Waals surface area contributed by atoms with Crippen LogP contribution in [-0.2, 0) is 9.59 Å². The number of carbonyl (C=O) groups excluding carboxylic acids is 2. The van der Waals surface area contributed by atoms with Crippen molar-refractivity contribution in [1.82, 2.24) is 14.4 Å². The number of phenolic OH excluding ortho intramolecular Hbond substituents is 1. The van der Waals surface area contributed by atoms with Crippen molar-refractivity contribution in [1.29, 1.82) is 0 Å². The van der Waals surface area contributed by atoms with Gasteiger partial charge in [0.25, 0.3) is 5.78 Å². The number of hydrogen-bond donors (Lipinski definition) is 2.